The van der Waals surface area contributed by atoms with Gasteiger partial charge in [0.1, 0.15) is 0 Å². The van der Waals surface area contributed by atoms with Crippen LogP contribution >= 0.6 is 11.6 Å². The van der Waals surface area contributed by atoms with E-state index in [0.717, 1.165) is 5.88 Å². The van der Waals surface area contributed by atoms with Crippen LogP contribution in [0.2, 0.25) is 0 Å². The van der Waals surface area contributed by atoms with Gasteiger partial charge in [-0.3, -0.25) is 4.90 Å². The van der Waals surface area contributed by atoms with Gasteiger partial charge in [0.25, 0.3) is 0 Å². The lowest BCUT2D eigenvalue weighted by Gasteiger charge is -2.30. The number of nitrogens with zero attached hydrogens (tertiary/aromatic N) is 1. The summed E-state index contributed by atoms with van der Waals surface area (Å²) >= 11 is 5.76. The van der Waals surface area contributed by atoms with Gasteiger partial charge in [0, 0.05) is 18.0 Å². The predicted octanol–water partition coefficient (Wildman–Crippen LogP) is 2.73. The Hall–Kier alpha value is 0.250. The zero-order chi connectivity index (χ0) is 8.85. The van der Waals surface area contributed by atoms with E-state index in [0.29, 0.717) is 12.1 Å². The summed E-state index contributed by atoms with van der Waals surface area (Å²) in [5.41, 5.74) is 0. The third kappa shape index (κ3) is 3.44. The van der Waals surface area contributed by atoms with E-state index in [-0.39, 0.29) is 0 Å². The number of rotatable bonds is 5. The Bertz CT molecular complexity index is 91.6. The van der Waals surface area contributed by atoms with Gasteiger partial charge in [-0.2, -0.15) is 0 Å². The van der Waals surface area contributed by atoms with Crippen LogP contribution in [0.3, 0.4) is 0 Å². The molecule has 0 aliphatic carbocycles. The second-order valence-corrected chi connectivity index (χ2v) is 3.45. The molecule has 0 aromatic rings. The van der Waals surface area contributed by atoms with Crippen molar-refractivity contribution in [1.82, 2.24) is 4.90 Å². The maximum atomic E-state index is 5.76. The molecule has 1 atom stereocenters. The van der Waals surface area contributed by atoms with Crippen LogP contribution in [0.25, 0.3) is 0 Å². The molecule has 0 fully saturated rings. The topological polar surface area (TPSA) is 3.24 Å². The Morgan fingerprint density at radius 3 is 2.00 bits per heavy atom. The molecule has 11 heavy (non-hydrogen) atoms. The van der Waals surface area contributed by atoms with Crippen LogP contribution in [0.1, 0.15) is 33.6 Å². The molecule has 0 amide bonds. The van der Waals surface area contributed by atoms with Crippen molar-refractivity contribution in [3.8, 4) is 0 Å². The average molecular weight is 178 g/mol. The smallest absolute Gasteiger partial charge is 0.0376 e. The minimum Gasteiger partial charge on any atom is -0.300 e. The van der Waals surface area contributed by atoms with Crippen LogP contribution < -0.4 is 0 Å². The highest BCUT2D eigenvalue weighted by Crippen LogP contribution is 2.10. The van der Waals surface area contributed by atoms with E-state index in [2.05, 4.69) is 32.7 Å². The molecule has 0 bridgehead atoms. The fourth-order valence-corrected chi connectivity index (χ4v) is 1.55. The average Bonchev–Trinajstić information content (AvgIpc) is 2.05. The van der Waals surface area contributed by atoms with Crippen LogP contribution in [-0.2, 0) is 0 Å². The second-order valence-electron chi connectivity index (χ2n) is 3.14. The maximum Gasteiger partial charge on any atom is 0.0376 e. The monoisotopic (exact) mass is 177 g/mol. The molecule has 0 N–H and O–H groups in total. The predicted molar refractivity (Wildman–Crippen MR) is 52.3 cm³/mol. The first-order chi connectivity index (χ1) is 5.17. The Kier molecular flexibility index (Phi) is 5.98. The Labute approximate surface area is 75.7 Å². The lowest BCUT2D eigenvalue weighted by molar-refractivity contribution is 0.187. The van der Waals surface area contributed by atoms with Gasteiger partial charge in [-0.15, -0.1) is 11.6 Å². The molecule has 0 radical (unpaired) electrons. The SMILES string of the molecule is CCC(CC)N(C)C(C)CCl. The molecule has 0 saturated heterocycles. The van der Waals surface area contributed by atoms with E-state index < -0.39 is 0 Å². The van der Waals surface area contributed by atoms with Crippen molar-refractivity contribution < 1.29 is 0 Å². The van der Waals surface area contributed by atoms with E-state index >= 15 is 0 Å². The van der Waals surface area contributed by atoms with Crippen molar-refractivity contribution in [2.75, 3.05) is 12.9 Å². The first-order valence-electron chi connectivity index (χ1n) is 4.45. The molecule has 0 heterocycles. The number of alkyl halides is 1. The van der Waals surface area contributed by atoms with Gasteiger partial charge in [-0.05, 0) is 26.8 Å². The van der Waals surface area contributed by atoms with Gasteiger partial charge in [0.05, 0.1) is 0 Å². The first kappa shape index (κ1) is 11.2. The molecular formula is C9H20ClN. The molecule has 68 valence electrons. The summed E-state index contributed by atoms with van der Waals surface area (Å²) in [4.78, 5) is 2.37. The number of hydrogen-bond donors (Lipinski definition) is 0. The van der Waals surface area contributed by atoms with Crippen LogP contribution in [0, 0.1) is 0 Å². The third-order valence-electron chi connectivity index (χ3n) is 2.44. The summed E-state index contributed by atoms with van der Waals surface area (Å²) in [6.07, 6.45) is 2.43. The quantitative estimate of drug-likeness (QED) is 0.584. The van der Waals surface area contributed by atoms with Gasteiger partial charge >= 0.3 is 0 Å². The van der Waals surface area contributed by atoms with Crippen molar-refractivity contribution >= 4 is 11.6 Å². The minimum absolute atomic E-state index is 0.501. The number of halogens is 1. The molecular weight excluding hydrogens is 158 g/mol. The molecule has 2 heteroatoms. The maximum absolute atomic E-state index is 5.76. The van der Waals surface area contributed by atoms with Crippen LogP contribution in [0.5, 0.6) is 0 Å². The Balaban J connectivity index is 3.86. The van der Waals surface area contributed by atoms with Crippen molar-refractivity contribution in [2.45, 2.75) is 45.7 Å². The van der Waals surface area contributed by atoms with Crippen molar-refractivity contribution in [3.05, 3.63) is 0 Å². The Morgan fingerprint density at radius 1 is 1.27 bits per heavy atom. The van der Waals surface area contributed by atoms with Gasteiger partial charge in [0.2, 0.25) is 0 Å². The summed E-state index contributed by atoms with van der Waals surface area (Å²) in [5.74, 6) is 0.729. The second kappa shape index (κ2) is 5.84. The molecule has 0 aromatic heterocycles. The standard InChI is InChI=1S/C9H20ClN/c1-5-9(6-2)11(4)8(3)7-10/h8-9H,5-7H2,1-4H3. The molecule has 1 nitrogen and oxygen atoms in total. The van der Waals surface area contributed by atoms with Crippen LogP contribution in [-0.4, -0.2) is 29.9 Å². The van der Waals surface area contributed by atoms with Crippen molar-refractivity contribution in [2.24, 2.45) is 0 Å². The van der Waals surface area contributed by atoms with Crippen molar-refractivity contribution in [3.63, 3.8) is 0 Å². The minimum atomic E-state index is 0.501. The number of hydrogen-bond acceptors (Lipinski definition) is 1. The highest BCUT2D eigenvalue weighted by molar-refractivity contribution is 6.18. The summed E-state index contributed by atoms with van der Waals surface area (Å²) in [5, 5.41) is 0. The fraction of sp³-hybridized carbons (Fsp3) is 1.00. The molecule has 0 saturated carbocycles. The lowest BCUT2D eigenvalue weighted by Crippen LogP contribution is -2.38. The molecule has 0 aliphatic rings. The van der Waals surface area contributed by atoms with Crippen LogP contribution in [0.4, 0.5) is 0 Å². The summed E-state index contributed by atoms with van der Waals surface area (Å²) in [6.45, 7) is 6.63. The van der Waals surface area contributed by atoms with Gasteiger partial charge in [0.15, 0.2) is 0 Å². The molecule has 0 spiro atoms. The van der Waals surface area contributed by atoms with Gasteiger partial charge in [-0.1, -0.05) is 13.8 Å². The van der Waals surface area contributed by atoms with E-state index in [1.165, 1.54) is 12.8 Å². The highest BCUT2D eigenvalue weighted by Gasteiger charge is 2.14. The summed E-state index contributed by atoms with van der Waals surface area (Å²) in [6, 6.07) is 1.20. The van der Waals surface area contributed by atoms with E-state index in [4.69, 9.17) is 11.6 Å². The first-order valence-corrected chi connectivity index (χ1v) is 4.98. The van der Waals surface area contributed by atoms with Gasteiger partial charge in [-0.25, -0.2) is 0 Å². The van der Waals surface area contributed by atoms with Crippen molar-refractivity contribution in [1.29, 1.82) is 0 Å². The molecule has 1 unspecified atom stereocenters. The highest BCUT2D eigenvalue weighted by atomic mass is 35.5. The molecule has 0 rings (SSSR count). The van der Waals surface area contributed by atoms with E-state index in [1.807, 2.05) is 0 Å². The third-order valence-corrected chi connectivity index (χ3v) is 2.88. The Morgan fingerprint density at radius 2 is 1.73 bits per heavy atom. The summed E-state index contributed by atoms with van der Waals surface area (Å²) < 4.78 is 0. The largest absolute Gasteiger partial charge is 0.300 e. The van der Waals surface area contributed by atoms with E-state index in [1.54, 1.807) is 0 Å². The van der Waals surface area contributed by atoms with Crippen LogP contribution in [0.15, 0.2) is 0 Å². The van der Waals surface area contributed by atoms with E-state index in [9.17, 15) is 0 Å². The zero-order valence-electron chi connectivity index (χ0n) is 8.10. The van der Waals surface area contributed by atoms with Gasteiger partial charge < -0.3 is 0 Å². The normalized spacial score (nSPS) is 14.5. The zero-order valence-corrected chi connectivity index (χ0v) is 8.86. The molecule has 0 aromatic carbocycles. The summed E-state index contributed by atoms with van der Waals surface area (Å²) in [7, 11) is 2.16. The molecule has 0 aliphatic heterocycles. The lowest BCUT2D eigenvalue weighted by atomic mass is 10.1. The fourth-order valence-electron chi connectivity index (χ4n) is 1.33.